The Kier molecular flexibility index (Phi) is 6.65. The first-order valence-electron chi connectivity index (χ1n) is 9.50. The molecule has 0 N–H and O–H groups in total. The number of piperidine rings is 1. The maximum atomic E-state index is 13.0. The first-order chi connectivity index (χ1) is 15.2. The van der Waals surface area contributed by atoms with Gasteiger partial charge in [0, 0.05) is 30.1 Å². The molecule has 1 fully saturated rings. The van der Waals surface area contributed by atoms with E-state index < -0.39 is 25.7 Å². The highest BCUT2D eigenvalue weighted by Gasteiger charge is 2.33. The average Bonchev–Trinajstić information content (AvgIpc) is 3.26. The number of nitrogens with zero attached hydrogens (tertiary/aromatic N) is 3. The van der Waals surface area contributed by atoms with E-state index in [2.05, 4.69) is 4.98 Å². The molecule has 0 atom stereocenters. The molecule has 0 saturated carbocycles. The van der Waals surface area contributed by atoms with Crippen molar-refractivity contribution in [3.63, 3.8) is 0 Å². The fourth-order valence-corrected chi connectivity index (χ4v) is 6.68. The van der Waals surface area contributed by atoms with E-state index in [0.717, 1.165) is 22.5 Å². The van der Waals surface area contributed by atoms with Crippen molar-refractivity contribution in [3.8, 4) is 11.3 Å². The minimum atomic E-state index is -3.72. The zero-order chi connectivity index (χ0) is 23.0. The van der Waals surface area contributed by atoms with Crippen molar-refractivity contribution in [2.75, 3.05) is 18.0 Å². The smallest absolute Gasteiger partial charge is 0.289 e. The van der Waals surface area contributed by atoms with Gasteiger partial charge in [0.15, 0.2) is 15.0 Å². The van der Waals surface area contributed by atoms with Crippen LogP contribution >= 0.6 is 46.1 Å². The Morgan fingerprint density at radius 3 is 2.38 bits per heavy atom. The molecule has 0 amide bonds. The highest BCUT2D eigenvalue weighted by atomic mass is 35.5. The number of benzene rings is 2. The molecule has 1 aliphatic rings. The summed E-state index contributed by atoms with van der Waals surface area (Å²) in [4.78, 5) is 17.1. The molecule has 1 saturated heterocycles. The van der Waals surface area contributed by atoms with Crippen LogP contribution in [-0.4, -0.2) is 36.7 Å². The van der Waals surface area contributed by atoms with Gasteiger partial charge in [-0.25, -0.2) is 13.4 Å². The molecule has 1 aromatic heterocycles. The summed E-state index contributed by atoms with van der Waals surface area (Å²) in [7, 11) is -3.72. The number of nitro groups is 1. The van der Waals surface area contributed by atoms with Crippen LogP contribution < -0.4 is 4.90 Å². The van der Waals surface area contributed by atoms with E-state index in [9.17, 15) is 18.5 Å². The molecule has 32 heavy (non-hydrogen) atoms. The fraction of sp³-hybridized carbons (Fsp3) is 0.250. The second-order valence-electron chi connectivity index (χ2n) is 7.25. The van der Waals surface area contributed by atoms with E-state index in [4.69, 9.17) is 34.8 Å². The van der Waals surface area contributed by atoms with Gasteiger partial charge in [-0.3, -0.25) is 10.1 Å². The van der Waals surface area contributed by atoms with Crippen LogP contribution in [0.15, 0.2) is 46.7 Å². The molecular formula is C20H16Cl3N3O4S2. The predicted molar refractivity (Wildman–Crippen MR) is 128 cm³/mol. The number of hydrogen-bond donors (Lipinski definition) is 0. The Bertz CT molecular complexity index is 1290. The fourth-order valence-electron chi connectivity index (χ4n) is 3.56. The molecule has 0 spiro atoms. The van der Waals surface area contributed by atoms with Crippen LogP contribution in [0, 0.1) is 10.1 Å². The number of aromatic nitrogens is 1. The molecule has 2 heterocycles. The molecule has 3 aromatic rings. The van der Waals surface area contributed by atoms with E-state index in [0.29, 0.717) is 36.0 Å². The first kappa shape index (κ1) is 23.3. The van der Waals surface area contributed by atoms with Crippen LogP contribution in [0.3, 0.4) is 0 Å². The van der Waals surface area contributed by atoms with Gasteiger partial charge in [0.2, 0.25) is 0 Å². The largest absolute Gasteiger partial charge is 0.348 e. The number of thiazole rings is 1. The van der Waals surface area contributed by atoms with E-state index in [1.54, 1.807) is 12.1 Å². The lowest BCUT2D eigenvalue weighted by Gasteiger charge is -2.31. The zero-order valence-corrected chi connectivity index (χ0v) is 20.3. The maximum Gasteiger partial charge on any atom is 0.289 e. The normalized spacial score (nSPS) is 15.2. The van der Waals surface area contributed by atoms with E-state index >= 15 is 0 Å². The number of halogens is 3. The lowest BCUT2D eigenvalue weighted by atomic mass is 10.1. The van der Waals surface area contributed by atoms with E-state index in [-0.39, 0.29) is 9.92 Å². The summed E-state index contributed by atoms with van der Waals surface area (Å²) in [5.41, 5.74) is 1.21. The number of hydrogen-bond acceptors (Lipinski definition) is 7. The molecule has 168 valence electrons. The third-order valence-corrected chi connectivity index (χ3v) is 9.52. The average molecular weight is 533 g/mol. The number of sulfone groups is 1. The van der Waals surface area contributed by atoms with Crippen molar-refractivity contribution in [3.05, 3.63) is 67.0 Å². The predicted octanol–water partition coefficient (Wildman–Crippen LogP) is 6.12. The third kappa shape index (κ3) is 4.58. The standard InChI is InChI=1S/C20H16Cl3N3O4S2/c21-15-3-1-12(9-17(15)23)18-11-31-20(24-18)25-7-5-13(6-8-25)32(29,30)14-2-4-16(22)19(10-14)26(27)28/h1-4,9-11,13H,5-8H2. The van der Waals surface area contributed by atoms with Gasteiger partial charge >= 0.3 is 0 Å². The van der Waals surface area contributed by atoms with Crippen LogP contribution in [0.1, 0.15) is 12.8 Å². The van der Waals surface area contributed by atoms with Crippen LogP contribution in [0.25, 0.3) is 11.3 Å². The van der Waals surface area contributed by atoms with Gasteiger partial charge in [-0.2, -0.15) is 0 Å². The number of rotatable bonds is 5. The Morgan fingerprint density at radius 2 is 1.72 bits per heavy atom. The molecule has 0 radical (unpaired) electrons. The second kappa shape index (κ2) is 9.15. The van der Waals surface area contributed by atoms with Crippen LogP contribution in [0.4, 0.5) is 10.8 Å². The summed E-state index contributed by atoms with van der Waals surface area (Å²) < 4.78 is 26.1. The van der Waals surface area contributed by atoms with Crippen molar-refractivity contribution in [2.45, 2.75) is 23.0 Å². The van der Waals surface area contributed by atoms with Gasteiger partial charge in [0.05, 0.1) is 30.8 Å². The summed E-state index contributed by atoms with van der Waals surface area (Å²) in [6.45, 7) is 1.02. The van der Waals surface area contributed by atoms with E-state index in [1.165, 1.54) is 23.5 Å². The lowest BCUT2D eigenvalue weighted by molar-refractivity contribution is -0.384. The molecular weight excluding hydrogens is 517 g/mol. The van der Waals surface area contributed by atoms with Gasteiger partial charge in [0.25, 0.3) is 5.69 Å². The summed E-state index contributed by atoms with van der Waals surface area (Å²) in [6.07, 6.45) is 0.779. The molecule has 1 aliphatic heterocycles. The summed E-state index contributed by atoms with van der Waals surface area (Å²) in [5.74, 6) is 0. The van der Waals surface area contributed by atoms with Crippen molar-refractivity contribution in [1.82, 2.24) is 4.98 Å². The number of nitro benzene ring substituents is 1. The minimum Gasteiger partial charge on any atom is -0.348 e. The Balaban J connectivity index is 1.47. The SMILES string of the molecule is O=[N+]([O-])c1cc(S(=O)(=O)C2CCN(c3nc(-c4ccc(Cl)c(Cl)c4)cs3)CC2)ccc1Cl. The summed E-state index contributed by atoms with van der Waals surface area (Å²) >= 11 is 19.4. The first-order valence-corrected chi connectivity index (χ1v) is 13.1. The van der Waals surface area contributed by atoms with Gasteiger partial charge in [0.1, 0.15) is 5.02 Å². The van der Waals surface area contributed by atoms with Crippen LogP contribution in [0.5, 0.6) is 0 Å². The third-order valence-electron chi connectivity index (χ3n) is 5.30. The summed E-state index contributed by atoms with van der Waals surface area (Å²) in [6, 6.07) is 8.93. The second-order valence-corrected chi connectivity index (χ2v) is 11.5. The molecule has 7 nitrogen and oxygen atoms in total. The Hall–Kier alpha value is -1.91. The lowest BCUT2D eigenvalue weighted by Crippen LogP contribution is -2.39. The quantitative estimate of drug-likeness (QED) is 0.290. The monoisotopic (exact) mass is 531 g/mol. The van der Waals surface area contributed by atoms with Crippen molar-refractivity contribution in [2.24, 2.45) is 0 Å². The summed E-state index contributed by atoms with van der Waals surface area (Å²) in [5, 5.41) is 14.0. The molecule has 0 unspecified atom stereocenters. The van der Waals surface area contributed by atoms with E-state index in [1.807, 2.05) is 16.3 Å². The van der Waals surface area contributed by atoms with Crippen LogP contribution in [-0.2, 0) is 9.84 Å². The highest BCUT2D eigenvalue weighted by molar-refractivity contribution is 7.92. The topological polar surface area (TPSA) is 93.4 Å². The zero-order valence-electron chi connectivity index (χ0n) is 16.4. The van der Waals surface area contributed by atoms with Gasteiger partial charge in [-0.1, -0.05) is 40.9 Å². The molecule has 0 bridgehead atoms. The number of anilines is 1. The molecule has 2 aromatic carbocycles. The maximum absolute atomic E-state index is 13.0. The molecule has 12 heteroatoms. The Morgan fingerprint density at radius 1 is 1.03 bits per heavy atom. The van der Waals surface area contributed by atoms with Crippen molar-refractivity contribution in [1.29, 1.82) is 0 Å². The van der Waals surface area contributed by atoms with Gasteiger partial charge in [-0.15, -0.1) is 11.3 Å². The van der Waals surface area contributed by atoms with Crippen molar-refractivity contribution >= 4 is 66.8 Å². The minimum absolute atomic E-state index is 0.0804. The highest BCUT2D eigenvalue weighted by Crippen LogP contribution is 2.35. The van der Waals surface area contributed by atoms with Gasteiger partial charge in [-0.05, 0) is 37.1 Å². The molecule has 0 aliphatic carbocycles. The van der Waals surface area contributed by atoms with Crippen molar-refractivity contribution < 1.29 is 13.3 Å². The Labute approximate surface area is 203 Å². The molecule has 4 rings (SSSR count). The van der Waals surface area contributed by atoms with Gasteiger partial charge < -0.3 is 4.90 Å². The van der Waals surface area contributed by atoms with Crippen LogP contribution in [0.2, 0.25) is 15.1 Å².